The second-order valence-electron chi connectivity index (χ2n) is 4.64. The van der Waals surface area contributed by atoms with Crippen LogP contribution in [0.2, 0.25) is 0 Å². The second kappa shape index (κ2) is 10.1. The quantitative estimate of drug-likeness (QED) is 0.455. The van der Waals surface area contributed by atoms with E-state index in [0.717, 1.165) is 49.9 Å². The first-order valence-electron chi connectivity index (χ1n) is 6.91. The number of carbonyl (C=O) groups excluding carboxylic acids is 1. The fourth-order valence-electron chi connectivity index (χ4n) is 2.17. The molecule has 1 aliphatic rings. The summed E-state index contributed by atoms with van der Waals surface area (Å²) in [6.07, 6.45) is 1.11. The van der Waals surface area contributed by atoms with Crippen LogP contribution in [-0.4, -0.2) is 56.6 Å². The van der Waals surface area contributed by atoms with Gasteiger partial charge >= 0.3 is 5.97 Å². The van der Waals surface area contributed by atoms with Gasteiger partial charge in [0.25, 0.3) is 0 Å². The molecule has 1 aromatic rings. The summed E-state index contributed by atoms with van der Waals surface area (Å²) in [4.78, 5) is 15.1. The number of ether oxygens (including phenoxy) is 2. The minimum atomic E-state index is -0.263. The summed E-state index contributed by atoms with van der Waals surface area (Å²) in [5, 5.41) is 0. The highest BCUT2D eigenvalue weighted by atomic mass is 35.5. The molecule has 0 radical (unpaired) electrons. The van der Waals surface area contributed by atoms with Gasteiger partial charge in [-0.25, -0.2) is 4.79 Å². The molecule has 0 amide bonds. The molecule has 118 valence electrons. The molecule has 0 aliphatic carbocycles. The molecule has 1 heterocycles. The minimum absolute atomic E-state index is 0. The normalized spacial score (nSPS) is 15.3. The Hall–Kier alpha value is -0.750. The first-order chi connectivity index (χ1) is 9.81. The Balaban J connectivity index is 0.00000220. The van der Waals surface area contributed by atoms with E-state index in [9.17, 15) is 4.79 Å². The molecule has 1 aromatic carbocycles. The molecule has 0 spiro atoms. The molecular weight excluding hydrogens is 310 g/mol. The summed E-state index contributed by atoms with van der Waals surface area (Å²) in [6.45, 7) is 4.85. The number of benzene rings is 1. The maximum absolute atomic E-state index is 11.7. The predicted octanol–water partition coefficient (Wildman–Crippen LogP) is 2.71. The Morgan fingerprint density at radius 1 is 1.33 bits per heavy atom. The molecule has 4 nitrogen and oxygen atoms in total. The van der Waals surface area contributed by atoms with Crippen molar-refractivity contribution in [3.63, 3.8) is 0 Å². The molecular formula is C15H22ClNO3S. The molecule has 21 heavy (non-hydrogen) atoms. The average Bonchev–Trinajstić information content (AvgIpc) is 2.52. The van der Waals surface area contributed by atoms with Gasteiger partial charge in [-0.2, -0.15) is 0 Å². The highest BCUT2D eigenvalue weighted by Crippen LogP contribution is 2.24. The van der Waals surface area contributed by atoms with Gasteiger partial charge in [-0.1, -0.05) is 12.1 Å². The Bertz CT molecular complexity index is 439. The topological polar surface area (TPSA) is 38.8 Å². The maximum Gasteiger partial charge on any atom is 0.338 e. The van der Waals surface area contributed by atoms with Crippen LogP contribution in [0.15, 0.2) is 29.2 Å². The average molecular weight is 332 g/mol. The van der Waals surface area contributed by atoms with Crippen molar-refractivity contribution >= 4 is 30.1 Å². The second-order valence-corrected chi connectivity index (χ2v) is 5.78. The number of thioether (sulfide) groups is 1. The van der Waals surface area contributed by atoms with E-state index in [1.165, 1.54) is 7.11 Å². The van der Waals surface area contributed by atoms with E-state index in [1.54, 1.807) is 11.8 Å². The van der Waals surface area contributed by atoms with Crippen molar-refractivity contribution in [3.05, 3.63) is 29.8 Å². The molecule has 0 bridgehead atoms. The zero-order valence-corrected chi connectivity index (χ0v) is 13.9. The van der Waals surface area contributed by atoms with E-state index in [0.29, 0.717) is 5.56 Å². The number of methoxy groups -OCH3 is 1. The van der Waals surface area contributed by atoms with Crippen molar-refractivity contribution in [1.29, 1.82) is 0 Å². The fraction of sp³-hybridized carbons (Fsp3) is 0.533. The zero-order valence-electron chi connectivity index (χ0n) is 12.2. The Morgan fingerprint density at radius 2 is 2.05 bits per heavy atom. The number of carbonyl (C=O) groups is 1. The Kier molecular flexibility index (Phi) is 8.76. The monoisotopic (exact) mass is 331 g/mol. The number of halogens is 1. The smallest absolute Gasteiger partial charge is 0.338 e. The Labute approximate surface area is 136 Å². The highest BCUT2D eigenvalue weighted by Gasteiger charge is 2.12. The fourth-order valence-corrected chi connectivity index (χ4v) is 3.14. The number of esters is 1. The van der Waals surface area contributed by atoms with Crippen LogP contribution in [0.1, 0.15) is 16.8 Å². The molecule has 1 aliphatic heterocycles. The molecule has 2 rings (SSSR count). The molecule has 6 heteroatoms. The number of rotatable bonds is 6. The lowest BCUT2D eigenvalue weighted by molar-refractivity contribution is 0.0381. The van der Waals surface area contributed by atoms with Crippen LogP contribution in [0, 0.1) is 0 Å². The predicted molar refractivity (Wildman–Crippen MR) is 87.6 cm³/mol. The van der Waals surface area contributed by atoms with Crippen LogP contribution in [0.5, 0.6) is 0 Å². The third-order valence-corrected chi connectivity index (χ3v) is 4.43. The lowest BCUT2D eigenvalue weighted by Crippen LogP contribution is -2.36. The first kappa shape index (κ1) is 18.3. The third kappa shape index (κ3) is 5.87. The number of nitrogens with zero attached hydrogens (tertiary/aromatic N) is 1. The van der Waals surface area contributed by atoms with Gasteiger partial charge in [0.2, 0.25) is 0 Å². The van der Waals surface area contributed by atoms with Crippen molar-refractivity contribution in [2.45, 2.75) is 11.3 Å². The highest BCUT2D eigenvalue weighted by molar-refractivity contribution is 7.99. The van der Waals surface area contributed by atoms with Gasteiger partial charge in [-0.05, 0) is 30.9 Å². The van der Waals surface area contributed by atoms with Crippen LogP contribution < -0.4 is 0 Å². The molecule has 0 N–H and O–H groups in total. The van der Waals surface area contributed by atoms with Gasteiger partial charge in [0, 0.05) is 18.0 Å². The molecule has 1 saturated heterocycles. The van der Waals surface area contributed by atoms with E-state index in [2.05, 4.69) is 4.90 Å². The van der Waals surface area contributed by atoms with Crippen molar-refractivity contribution < 1.29 is 14.3 Å². The van der Waals surface area contributed by atoms with E-state index < -0.39 is 0 Å². The summed E-state index contributed by atoms with van der Waals surface area (Å²) < 4.78 is 10.1. The molecule has 0 atom stereocenters. The summed E-state index contributed by atoms with van der Waals surface area (Å²) in [5.74, 6) is 0.743. The summed E-state index contributed by atoms with van der Waals surface area (Å²) in [6, 6.07) is 7.61. The Morgan fingerprint density at radius 3 is 2.76 bits per heavy atom. The molecule has 0 saturated carbocycles. The van der Waals surface area contributed by atoms with Crippen LogP contribution in [0.25, 0.3) is 0 Å². The summed E-state index contributed by atoms with van der Waals surface area (Å²) in [5.41, 5.74) is 0.659. The van der Waals surface area contributed by atoms with E-state index in [1.807, 2.05) is 24.3 Å². The van der Waals surface area contributed by atoms with Gasteiger partial charge in [-0.15, -0.1) is 24.2 Å². The van der Waals surface area contributed by atoms with E-state index >= 15 is 0 Å². The summed E-state index contributed by atoms with van der Waals surface area (Å²) >= 11 is 1.72. The first-order valence-corrected chi connectivity index (χ1v) is 7.90. The van der Waals surface area contributed by atoms with Crippen LogP contribution >= 0.6 is 24.2 Å². The van der Waals surface area contributed by atoms with Crippen molar-refractivity contribution in [1.82, 2.24) is 4.90 Å². The van der Waals surface area contributed by atoms with Gasteiger partial charge in [0.05, 0.1) is 25.9 Å². The van der Waals surface area contributed by atoms with Gasteiger partial charge < -0.3 is 9.47 Å². The molecule has 1 fully saturated rings. The zero-order chi connectivity index (χ0) is 14.2. The SMILES string of the molecule is COC(=O)c1ccccc1SCCCN1CCOCC1.Cl. The number of hydrogen-bond donors (Lipinski definition) is 0. The van der Waals surface area contributed by atoms with E-state index in [-0.39, 0.29) is 18.4 Å². The van der Waals surface area contributed by atoms with Crippen molar-refractivity contribution in [3.8, 4) is 0 Å². The van der Waals surface area contributed by atoms with Crippen LogP contribution in [0.4, 0.5) is 0 Å². The molecule has 0 aromatic heterocycles. The van der Waals surface area contributed by atoms with Gasteiger partial charge in [0.1, 0.15) is 0 Å². The lowest BCUT2D eigenvalue weighted by atomic mass is 10.2. The van der Waals surface area contributed by atoms with Gasteiger partial charge in [0.15, 0.2) is 0 Å². The maximum atomic E-state index is 11.7. The number of morpholine rings is 1. The van der Waals surface area contributed by atoms with Crippen molar-refractivity contribution in [2.24, 2.45) is 0 Å². The summed E-state index contributed by atoms with van der Waals surface area (Å²) in [7, 11) is 1.42. The lowest BCUT2D eigenvalue weighted by Gasteiger charge is -2.26. The standard InChI is InChI=1S/C15H21NO3S.ClH/c1-18-15(17)13-5-2-3-6-14(13)20-12-4-7-16-8-10-19-11-9-16;/h2-3,5-6H,4,7-12H2,1H3;1H. The van der Waals surface area contributed by atoms with Gasteiger partial charge in [-0.3, -0.25) is 4.90 Å². The minimum Gasteiger partial charge on any atom is -0.465 e. The van der Waals surface area contributed by atoms with Crippen LogP contribution in [-0.2, 0) is 9.47 Å². The number of hydrogen-bond acceptors (Lipinski definition) is 5. The largest absolute Gasteiger partial charge is 0.465 e. The van der Waals surface area contributed by atoms with Crippen molar-refractivity contribution in [2.75, 3.05) is 45.7 Å². The molecule has 0 unspecified atom stereocenters. The third-order valence-electron chi connectivity index (χ3n) is 3.27. The van der Waals surface area contributed by atoms with E-state index in [4.69, 9.17) is 9.47 Å². The van der Waals surface area contributed by atoms with Crippen LogP contribution in [0.3, 0.4) is 0 Å².